The lowest BCUT2D eigenvalue weighted by Crippen LogP contribution is -2.34. The van der Waals surface area contributed by atoms with Crippen LogP contribution in [0.1, 0.15) is 35.6 Å². The Morgan fingerprint density at radius 3 is 2.65 bits per heavy atom. The molecule has 0 unspecified atom stereocenters. The van der Waals surface area contributed by atoms with Crippen LogP contribution < -0.4 is 10.2 Å². The van der Waals surface area contributed by atoms with Gasteiger partial charge in [0.05, 0.1) is 16.5 Å². The molecule has 2 aromatic rings. The molecule has 0 aliphatic heterocycles. The summed E-state index contributed by atoms with van der Waals surface area (Å²) in [6, 6.07) is 7.15. The SMILES string of the molecule is Bc1cc(C(F)(F)F)cc(S(=O)(=O)N(C)[C@@H]2CCCc3c(OCC(=O)O)cccc32)c1. The quantitative estimate of drug-likeness (QED) is 0.675. The fraction of sp³-hybridized carbons (Fsp3) is 0.350. The van der Waals surface area contributed by atoms with E-state index in [1.165, 1.54) is 21.0 Å². The van der Waals surface area contributed by atoms with E-state index in [1.807, 2.05) is 0 Å². The fourth-order valence-electron chi connectivity index (χ4n) is 3.84. The van der Waals surface area contributed by atoms with Gasteiger partial charge in [-0.05, 0) is 48.6 Å². The van der Waals surface area contributed by atoms with Gasteiger partial charge in [-0.2, -0.15) is 17.5 Å². The molecular weight excluding hydrogens is 434 g/mol. The van der Waals surface area contributed by atoms with Gasteiger partial charge in [0.15, 0.2) is 6.61 Å². The van der Waals surface area contributed by atoms with E-state index in [9.17, 15) is 26.4 Å². The Balaban J connectivity index is 1.99. The summed E-state index contributed by atoms with van der Waals surface area (Å²) in [5.74, 6) is -0.769. The second kappa shape index (κ2) is 8.54. The molecule has 1 aliphatic rings. The minimum atomic E-state index is -4.66. The first-order valence-electron chi connectivity index (χ1n) is 9.54. The Morgan fingerprint density at radius 1 is 1.29 bits per heavy atom. The molecule has 31 heavy (non-hydrogen) atoms. The molecule has 0 aromatic heterocycles. The van der Waals surface area contributed by atoms with Crippen molar-refractivity contribution in [1.82, 2.24) is 4.31 Å². The van der Waals surface area contributed by atoms with Gasteiger partial charge in [-0.15, -0.1) is 0 Å². The van der Waals surface area contributed by atoms with Gasteiger partial charge in [0, 0.05) is 7.05 Å². The molecule has 3 rings (SSSR count). The first-order chi connectivity index (χ1) is 14.4. The summed E-state index contributed by atoms with van der Waals surface area (Å²) in [4.78, 5) is 10.4. The Bertz CT molecular complexity index is 1100. The number of fused-ring (bicyclic) bond motifs is 1. The Morgan fingerprint density at radius 2 is 2.00 bits per heavy atom. The van der Waals surface area contributed by atoms with Crippen molar-refractivity contribution in [3.8, 4) is 5.75 Å². The minimum absolute atomic E-state index is 0.190. The van der Waals surface area contributed by atoms with Gasteiger partial charge < -0.3 is 9.84 Å². The zero-order chi connectivity index (χ0) is 23.0. The van der Waals surface area contributed by atoms with Crippen LogP contribution in [-0.2, 0) is 27.4 Å². The number of carboxylic acids is 1. The normalized spacial score (nSPS) is 16.7. The van der Waals surface area contributed by atoms with Crippen LogP contribution in [0.5, 0.6) is 5.75 Å². The third-order valence-electron chi connectivity index (χ3n) is 5.28. The Labute approximate surface area is 179 Å². The van der Waals surface area contributed by atoms with Crippen LogP contribution in [-0.4, -0.2) is 45.3 Å². The van der Waals surface area contributed by atoms with Crippen molar-refractivity contribution in [3.63, 3.8) is 0 Å². The largest absolute Gasteiger partial charge is 0.482 e. The van der Waals surface area contributed by atoms with Crippen LogP contribution in [0.25, 0.3) is 0 Å². The minimum Gasteiger partial charge on any atom is -0.482 e. The van der Waals surface area contributed by atoms with Crippen molar-refractivity contribution in [2.45, 2.75) is 36.4 Å². The number of nitrogens with zero attached hydrogens (tertiary/aromatic N) is 1. The first kappa shape index (κ1) is 23.1. The number of rotatable bonds is 6. The van der Waals surface area contributed by atoms with Gasteiger partial charge in [0.1, 0.15) is 13.6 Å². The van der Waals surface area contributed by atoms with E-state index in [-0.39, 0.29) is 5.46 Å². The van der Waals surface area contributed by atoms with Gasteiger partial charge in [0.25, 0.3) is 0 Å². The highest BCUT2D eigenvalue weighted by atomic mass is 32.2. The highest BCUT2D eigenvalue weighted by molar-refractivity contribution is 7.89. The van der Waals surface area contributed by atoms with Crippen LogP contribution >= 0.6 is 0 Å². The van der Waals surface area contributed by atoms with Crippen molar-refractivity contribution < 1.29 is 36.2 Å². The molecule has 166 valence electrons. The number of aliphatic carboxylic acids is 1. The number of sulfonamides is 1. The van der Waals surface area contributed by atoms with E-state index < -0.39 is 45.3 Å². The highest BCUT2D eigenvalue weighted by Crippen LogP contribution is 2.40. The van der Waals surface area contributed by atoms with Crippen LogP contribution in [0.2, 0.25) is 0 Å². The number of carbonyl (C=O) groups is 1. The van der Waals surface area contributed by atoms with Gasteiger partial charge in [-0.25, -0.2) is 13.2 Å². The third-order valence-corrected chi connectivity index (χ3v) is 7.12. The Hall–Kier alpha value is -2.53. The van der Waals surface area contributed by atoms with E-state index in [2.05, 4.69) is 0 Å². The molecule has 0 heterocycles. The second-order valence-corrected chi connectivity index (χ2v) is 9.47. The lowest BCUT2D eigenvalue weighted by Gasteiger charge is -2.33. The lowest BCUT2D eigenvalue weighted by atomic mass is 9.87. The number of hydrogen-bond donors (Lipinski definition) is 1. The summed E-state index contributed by atoms with van der Waals surface area (Å²) < 4.78 is 72.5. The Kier molecular flexibility index (Phi) is 6.38. The molecule has 1 N–H and O–H groups in total. The molecule has 0 amide bonds. The standard InChI is InChI=1S/C20H21BF3NO5S/c1-25(31(28,29)14-9-12(20(22,23)24)8-13(21)10-14)17-6-2-5-16-15(17)4-3-7-18(16)30-11-19(26)27/h3-4,7-10,17H,2,5-6,11,21H2,1H3,(H,26,27)/t17-/m1/s1. The summed E-state index contributed by atoms with van der Waals surface area (Å²) >= 11 is 0. The van der Waals surface area contributed by atoms with E-state index >= 15 is 0 Å². The number of ether oxygens (including phenoxy) is 1. The van der Waals surface area contributed by atoms with Crippen molar-refractivity contribution in [3.05, 3.63) is 53.1 Å². The third kappa shape index (κ3) is 4.88. The van der Waals surface area contributed by atoms with Crippen LogP contribution in [0, 0.1) is 0 Å². The predicted octanol–water partition coefficient (Wildman–Crippen LogP) is 2.13. The fourth-order valence-corrected chi connectivity index (χ4v) is 5.33. The van der Waals surface area contributed by atoms with E-state index in [0.29, 0.717) is 42.2 Å². The maximum Gasteiger partial charge on any atom is 0.416 e. The van der Waals surface area contributed by atoms with Crippen LogP contribution in [0.15, 0.2) is 41.3 Å². The van der Waals surface area contributed by atoms with Crippen molar-refractivity contribution in [1.29, 1.82) is 0 Å². The molecule has 1 atom stereocenters. The van der Waals surface area contributed by atoms with Crippen LogP contribution in [0.3, 0.4) is 0 Å². The maximum atomic E-state index is 13.2. The van der Waals surface area contributed by atoms with Crippen molar-refractivity contribution in [2.24, 2.45) is 0 Å². The summed E-state index contributed by atoms with van der Waals surface area (Å²) in [6.45, 7) is -0.529. The number of halogens is 3. The molecule has 0 radical (unpaired) electrons. The summed E-state index contributed by atoms with van der Waals surface area (Å²) in [5, 5.41) is 8.86. The predicted molar refractivity (Wildman–Crippen MR) is 110 cm³/mol. The maximum absolute atomic E-state index is 13.2. The van der Waals surface area contributed by atoms with Gasteiger partial charge >= 0.3 is 12.1 Å². The van der Waals surface area contributed by atoms with Crippen molar-refractivity contribution >= 4 is 29.3 Å². The number of benzene rings is 2. The van der Waals surface area contributed by atoms with Gasteiger partial charge in [-0.3, -0.25) is 0 Å². The highest BCUT2D eigenvalue weighted by Gasteiger charge is 2.36. The monoisotopic (exact) mass is 455 g/mol. The molecular formula is C20H21BF3NO5S. The van der Waals surface area contributed by atoms with Gasteiger partial charge in [0.2, 0.25) is 10.0 Å². The van der Waals surface area contributed by atoms with E-state index in [4.69, 9.17) is 9.84 Å². The van der Waals surface area contributed by atoms with Crippen molar-refractivity contribution in [2.75, 3.05) is 13.7 Å². The van der Waals surface area contributed by atoms with Gasteiger partial charge in [-0.1, -0.05) is 23.7 Å². The summed E-state index contributed by atoms with van der Waals surface area (Å²) in [5.41, 5.74) is 0.536. The van der Waals surface area contributed by atoms with E-state index in [0.717, 1.165) is 10.4 Å². The number of hydrogen-bond acceptors (Lipinski definition) is 4. The van der Waals surface area contributed by atoms with E-state index in [1.54, 1.807) is 18.2 Å². The lowest BCUT2D eigenvalue weighted by molar-refractivity contribution is -0.139. The molecule has 2 aromatic carbocycles. The second-order valence-electron chi connectivity index (χ2n) is 7.47. The number of carboxylic acid groups (broad SMARTS) is 1. The summed E-state index contributed by atoms with van der Waals surface area (Å²) in [7, 11) is -1.47. The molecule has 6 nitrogen and oxygen atoms in total. The summed E-state index contributed by atoms with van der Waals surface area (Å²) in [6.07, 6.45) is -2.99. The molecule has 0 saturated heterocycles. The average Bonchev–Trinajstić information content (AvgIpc) is 2.70. The van der Waals surface area contributed by atoms with Crippen LogP contribution in [0.4, 0.5) is 13.2 Å². The zero-order valence-electron chi connectivity index (χ0n) is 16.9. The molecule has 0 spiro atoms. The zero-order valence-corrected chi connectivity index (χ0v) is 17.8. The smallest absolute Gasteiger partial charge is 0.416 e. The molecule has 0 fully saturated rings. The molecule has 0 bridgehead atoms. The topological polar surface area (TPSA) is 83.9 Å². The molecule has 0 saturated carbocycles. The average molecular weight is 455 g/mol. The molecule has 11 heteroatoms. The number of alkyl halides is 3. The first-order valence-corrected chi connectivity index (χ1v) is 11.0. The molecule has 1 aliphatic carbocycles.